The van der Waals surface area contributed by atoms with Crippen molar-refractivity contribution in [3.8, 4) is 0 Å². The molecule has 2 unspecified atom stereocenters. The van der Waals surface area contributed by atoms with Gasteiger partial charge in [0, 0.05) is 43.9 Å². The highest BCUT2D eigenvalue weighted by atomic mass is 16.5. The zero-order valence-electron chi connectivity index (χ0n) is 17.4. The summed E-state index contributed by atoms with van der Waals surface area (Å²) in [5, 5.41) is 16.9. The van der Waals surface area contributed by atoms with Crippen LogP contribution in [0.15, 0.2) is 48.0 Å². The van der Waals surface area contributed by atoms with Gasteiger partial charge in [0.2, 0.25) is 0 Å². The van der Waals surface area contributed by atoms with Crippen molar-refractivity contribution in [3.05, 3.63) is 53.6 Å². The molecule has 0 radical (unpaired) electrons. The molecular weight excluding hydrogens is 352 g/mol. The minimum atomic E-state index is -0.502. The van der Waals surface area contributed by atoms with E-state index in [0.717, 1.165) is 50.3 Å². The maximum absolute atomic E-state index is 9.35. The first kappa shape index (κ1) is 20.8. The maximum Gasteiger partial charge on any atom is 0.122 e. The molecule has 0 aromatic carbocycles. The van der Waals surface area contributed by atoms with Gasteiger partial charge in [-0.15, -0.1) is 0 Å². The molecule has 0 amide bonds. The van der Waals surface area contributed by atoms with Crippen molar-refractivity contribution >= 4 is 0 Å². The van der Waals surface area contributed by atoms with Crippen LogP contribution in [-0.2, 0) is 11.3 Å². The lowest BCUT2D eigenvalue weighted by Crippen LogP contribution is -2.41. The zero-order chi connectivity index (χ0) is 20.1. The van der Waals surface area contributed by atoms with E-state index in [1.54, 1.807) is 6.92 Å². The van der Waals surface area contributed by atoms with E-state index in [9.17, 15) is 5.11 Å². The van der Waals surface area contributed by atoms with Crippen LogP contribution in [0.5, 0.6) is 0 Å². The van der Waals surface area contributed by atoms with Gasteiger partial charge in [-0.25, -0.2) is 0 Å². The molecule has 28 heavy (non-hydrogen) atoms. The van der Waals surface area contributed by atoms with Crippen LogP contribution in [0.3, 0.4) is 0 Å². The van der Waals surface area contributed by atoms with E-state index in [1.807, 2.05) is 12.3 Å². The molecule has 2 aliphatic heterocycles. The normalized spacial score (nSPS) is 21.6. The van der Waals surface area contributed by atoms with Crippen LogP contribution in [-0.4, -0.2) is 51.8 Å². The second-order valence-corrected chi connectivity index (χ2v) is 7.91. The monoisotopic (exact) mass is 386 g/mol. The molecule has 6 heteroatoms. The first-order chi connectivity index (χ1) is 13.5. The third-order valence-corrected chi connectivity index (χ3v) is 5.89. The summed E-state index contributed by atoms with van der Waals surface area (Å²) in [5.74, 6) is 0.990. The average Bonchev–Trinajstić information content (AvgIpc) is 3.35. The second-order valence-electron chi connectivity index (χ2n) is 7.91. The number of rotatable bonds is 8. The van der Waals surface area contributed by atoms with Gasteiger partial charge in [-0.1, -0.05) is 18.2 Å². The first-order valence-electron chi connectivity index (χ1n) is 10.3. The predicted molar refractivity (Wildman–Crippen MR) is 112 cm³/mol. The van der Waals surface area contributed by atoms with Gasteiger partial charge in [0.25, 0.3) is 0 Å². The number of allylic oxidation sites excluding steroid dienone is 2. The number of hydrogen-bond donors (Lipinski definition) is 2. The Hall–Kier alpha value is -1.89. The van der Waals surface area contributed by atoms with Crippen LogP contribution in [0.25, 0.3) is 0 Å². The molecule has 0 saturated carbocycles. The average molecular weight is 387 g/mol. The lowest BCUT2D eigenvalue weighted by molar-refractivity contribution is 0.153. The number of ether oxygens (including phenoxy) is 1. The Labute approximate surface area is 168 Å². The van der Waals surface area contributed by atoms with E-state index >= 15 is 0 Å². The van der Waals surface area contributed by atoms with Gasteiger partial charge < -0.3 is 9.84 Å². The van der Waals surface area contributed by atoms with Gasteiger partial charge >= 0.3 is 0 Å². The maximum atomic E-state index is 9.35. The molecule has 1 saturated heterocycles. The fourth-order valence-electron chi connectivity index (χ4n) is 3.91. The third-order valence-electron chi connectivity index (χ3n) is 5.89. The Morgan fingerprint density at radius 3 is 2.86 bits per heavy atom. The van der Waals surface area contributed by atoms with Crippen LogP contribution in [0.1, 0.15) is 51.6 Å². The molecule has 2 aliphatic rings. The van der Waals surface area contributed by atoms with Crippen molar-refractivity contribution < 1.29 is 9.84 Å². The van der Waals surface area contributed by atoms with E-state index in [-0.39, 0.29) is 0 Å². The molecule has 0 bridgehead atoms. The van der Waals surface area contributed by atoms with Crippen molar-refractivity contribution in [2.75, 3.05) is 19.7 Å². The molecule has 0 aliphatic carbocycles. The number of aromatic nitrogens is 2. The van der Waals surface area contributed by atoms with E-state index in [0.29, 0.717) is 18.6 Å². The van der Waals surface area contributed by atoms with Crippen molar-refractivity contribution in [1.29, 1.82) is 0 Å². The summed E-state index contributed by atoms with van der Waals surface area (Å²) < 4.78 is 7.85. The minimum absolute atomic E-state index is 0.395. The van der Waals surface area contributed by atoms with Crippen LogP contribution in [0.4, 0.5) is 0 Å². The van der Waals surface area contributed by atoms with E-state index in [2.05, 4.69) is 52.7 Å². The molecule has 6 nitrogen and oxygen atoms in total. The molecule has 0 spiro atoms. The third kappa shape index (κ3) is 5.13. The highest BCUT2D eigenvalue weighted by Gasteiger charge is 2.25. The number of likely N-dealkylation sites (tertiary alicyclic amines) is 1. The van der Waals surface area contributed by atoms with Gasteiger partial charge in [0.05, 0.1) is 18.8 Å². The van der Waals surface area contributed by atoms with Crippen LogP contribution in [0.2, 0.25) is 0 Å². The lowest BCUT2D eigenvalue weighted by Gasteiger charge is -2.36. The van der Waals surface area contributed by atoms with Crippen LogP contribution < -0.4 is 5.32 Å². The van der Waals surface area contributed by atoms with Crippen LogP contribution >= 0.6 is 0 Å². The van der Waals surface area contributed by atoms with Gasteiger partial charge in [-0.2, -0.15) is 5.10 Å². The summed E-state index contributed by atoms with van der Waals surface area (Å²) >= 11 is 0. The fourth-order valence-corrected chi connectivity index (χ4v) is 3.91. The Balaban J connectivity index is 1.54. The Kier molecular flexibility index (Phi) is 7.10. The summed E-state index contributed by atoms with van der Waals surface area (Å²) in [4.78, 5) is 2.55. The Bertz CT molecular complexity index is 727. The highest BCUT2D eigenvalue weighted by molar-refractivity contribution is 5.33. The highest BCUT2D eigenvalue weighted by Crippen LogP contribution is 2.27. The van der Waals surface area contributed by atoms with Crippen molar-refractivity contribution in [2.45, 2.75) is 64.9 Å². The standard InChI is InChI=1S/C22H34N4O2/c1-5-20-8-11-28-22(20)12-16(2)17(3)25-9-6-21(7-10-25)26-15-19(14-24-26)13-23-18(4)27/h5,12,14-15,17-18,21,23,27H,1,6-11,13H2,2-4H3/b16-12+. The van der Waals surface area contributed by atoms with Gasteiger partial charge in [-0.3, -0.25) is 14.9 Å². The Morgan fingerprint density at radius 2 is 2.18 bits per heavy atom. The molecule has 3 heterocycles. The summed E-state index contributed by atoms with van der Waals surface area (Å²) in [7, 11) is 0. The predicted octanol–water partition coefficient (Wildman–Crippen LogP) is 3.14. The largest absolute Gasteiger partial charge is 0.493 e. The molecule has 3 rings (SSSR count). The van der Waals surface area contributed by atoms with Crippen LogP contribution in [0, 0.1) is 0 Å². The number of piperidine rings is 1. The molecule has 1 aromatic heterocycles. The molecular formula is C22H34N4O2. The summed E-state index contributed by atoms with van der Waals surface area (Å²) in [5.41, 5.74) is 3.66. The van der Waals surface area contributed by atoms with Gasteiger partial charge in [-0.05, 0) is 45.3 Å². The first-order valence-corrected chi connectivity index (χ1v) is 10.3. The van der Waals surface area contributed by atoms with Crippen molar-refractivity contribution in [3.63, 3.8) is 0 Å². The molecule has 2 atom stereocenters. The molecule has 1 aromatic rings. The quantitative estimate of drug-likeness (QED) is 0.672. The fraction of sp³-hybridized carbons (Fsp3) is 0.591. The smallest absolute Gasteiger partial charge is 0.122 e. The lowest BCUT2D eigenvalue weighted by atomic mass is 10.00. The van der Waals surface area contributed by atoms with E-state index < -0.39 is 6.23 Å². The van der Waals surface area contributed by atoms with Gasteiger partial charge in [0.15, 0.2) is 0 Å². The minimum Gasteiger partial charge on any atom is -0.493 e. The zero-order valence-corrected chi connectivity index (χ0v) is 17.4. The van der Waals surface area contributed by atoms with Gasteiger partial charge in [0.1, 0.15) is 12.0 Å². The number of aliphatic hydroxyl groups is 1. The van der Waals surface area contributed by atoms with Crippen molar-refractivity contribution in [1.82, 2.24) is 20.0 Å². The molecule has 2 N–H and O–H groups in total. The summed E-state index contributed by atoms with van der Waals surface area (Å²) in [6.45, 7) is 13.6. The SMILES string of the molecule is C=CC1=C(/C=C(\C)C(C)N2CCC(n3cc(CNC(C)O)cn3)CC2)OCC1. The van der Waals surface area contributed by atoms with Crippen molar-refractivity contribution in [2.24, 2.45) is 0 Å². The number of hydrogen-bond acceptors (Lipinski definition) is 5. The number of nitrogens with one attached hydrogen (secondary N) is 1. The number of aliphatic hydroxyl groups excluding tert-OH is 1. The summed E-state index contributed by atoms with van der Waals surface area (Å²) in [6.07, 6.45) is 10.7. The van der Waals surface area contributed by atoms with E-state index in [1.165, 1.54) is 11.1 Å². The number of nitrogens with zero attached hydrogens (tertiary/aromatic N) is 3. The second kappa shape index (κ2) is 9.54. The Morgan fingerprint density at radius 1 is 1.43 bits per heavy atom. The topological polar surface area (TPSA) is 62.5 Å². The molecule has 154 valence electrons. The summed E-state index contributed by atoms with van der Waals surface area (Å²) in [6, 6.07) is 0.841. The van der Waals surface area contributed by atoms with E-state index in [4.69, 9.17) is 4.74 Å². The molecule has 1 fully saturated rings.